The van der Waals surface area contributed by atoms with E-state index in [4.69, 9.17) is 9.72 Å². The Labute approximate surface area is 187 Å². The predicted molar refractivity (Wildman–Crippen MR) is 124 cm³/mol. The first-order valence-electron chi connectivity index (χ1n) is 10.2. The van der Waals surface area contributed by atoms with Gasteiger partial charge in [0.25, 0.3) is 0 Å². The lowest BCUT2D eigenvalue weighted by molar-refractivity contribution is 0.0528. The van der Waals surface area contributed by atoms with Crippen molar-refractivity contribution in [3.05, 3.63) is 65.6 Å². The van der Waals surface area contributed by atoms with Crippen molar-refractivity contribution in [3.8, 4) is 11.1 Å². The van der Waals surface area contributed by atoms with Crippen molar-refractivity contribution in [1.29, 1.82) is 0 Å². The van der Waals surface area contributed by atoms with E-state index in [1.165, 1.54) is 18.2 Å². The summed E-state index contributed by atoms with van der Waals surface area (Å²) >= 11 is 0. The van der Waals surface area contributed by atoms with Crippen LogP contribution in [0.1, 0.15) is 32.0 Å². The van der Waals surface area contributed by atoms with Crippen molar-refractivity contribution in [2.75, 3.05) is 12.8 Å². The molecule has 2 aromatic carbocycles. The fourth-order valence-corrected chi connectivity index (χ4v) is 4.32. The van der Waals surface area contributed by atoms with Gasteiger partial charge in [0.05, 0.1) is 17.0 Å². The number of aromatic nitrogens is 1. The molecular weight excluding hydrogens is 431 g/mol. The number of hydrogen-bond donors (Lipinski definition) is 1. The normalized spacial score (nSPS) is 12.0. The largest absolute Gasteiger partial charge is 0.444 e. The van der Waals surface area contributed by atoms with Crippen molar-refractivity contribution < 1.29 is 22.3 Å². The van der Waals surface area contributed by atoms with Gasteiger partial charge in [0.15, 0.2) is 9.84 Å². The first-order valence-corrected chi connectivity index (χ1v) is 12.3. The topological polar surface area (TPSA) is 85.4 Å². The molecule has 170 valence electrons. The summed E-state index contributed by atoms with van der Waals surface area (Å²) in [6.07, 6.45) is 0.947. The maximum Gasteiger partial charge on any atom is 0.407 e. The van der Waals surface area contributed by atoms with E-state index >= 15 is 0 Å². The number of nitrogens with zero attached hydrogens (tertiary/aromatic N) is 1. The molecule has 3 aromatic rings. The Hall–Kier alpha value is -3.00. The Kier molecular flexibility index (Phi) is 6.83. The molecule has 0 saturated carbocycles. The standard InChI is InChI=1S/C24H27FN2O4S/c1-24(2,3)31-23(28)26-13-12-21-22(16-8-6-5-7-9-16)19(15-32(4,29)30)18-14-17(25)10-11-20(18)27-21/h5-11,14H,12-13,15H2,1-4H3,(H,26,28). The van der Waals surface area contributed by atoms with Crippen molar-refractivity contribution in [2.24, 2.45) is 0 Å². The summed E-state index contributed by atoms with van der Waals surface area (Å²) < 4.78 is 43.9. The van der Waals surface area contributed by atoms with Gasteiger partial charge < -0.3 is 10.1 Å². The quantitative estimate of drug-likeness (QED) is 0.581. The highest BCUT2D eigenvalue weighted by Crippen LogP contribution is 2.34. The zero-order chi connectivity index (χ0) is 23.5. The molecule has 1 N–H and O–H groups in total. The number of sulfone groups is 1. The van der Waals surface area contributed by atoms with E-state index in [1.807, 2.05) is 30.3 Å². The molecule has 8 heteroatoms. The fraction of sp³-hybridized carbons (Fsp3) is 0.333. The summed E-state index contributed by atoms with van der Waals surface area (Å²) in [5.74, 6) is -0.723. The molecule has 32 heavy (non-hydrogen) atoms. The Balaban J connectivity index is 2.10. The second-order valence-corrected chi connectivity index (χ2v) is 10.8. The Bertz CT molecular complexity index is 1240. The SMILES string of the molecule is CC(C)(C)OC(=O)NCCc1nc2ccc(F)cc2c(CS(C)(=O)=O)c1-c1ccccc1. The molecule has 0 unspecified atom stereocenters. The van der Waals surface area contributed by atoms with Crippen molar-refractivity contribution in [3.63, 3.8) is 0 Å². The average molecular weight is 459 g/mol. The van der Waals surface area contributed by atoms with Crippen LogP contribution in [0.15, 0.2) is 48.5 Å². The number of fused-ring (bicyclic) bond motifs is 1. The van der Waals surface area contributed by atoms with Gasteiger partial charge in [-0.05, 0) is 50.1 Å². The van der Waals surface area contributed by atoms with Gasteiger partial charge >= 0.3 is 6.09 Å². The number of halogens is 1. The lowest BCUT2D eigenvalue weighted by Crippen LogP contribution is -2.33. The molecule has 1 aromatic heterocycles. The third-order valence-corrected chi connectivity index (χ3v) is 5.44. The number of rotatable bonds is 6. The summed E-state index contributed by atoms with van der Waals surface area (Å²) in [6.45, 7) is 5.58. The molecule has 0 saturated heterocycles. The van der Waals surface area contributed by atoms with Gasteiger partial charge in [0, 0.05) is 30.2 Å². The van der Waals surface area contributed by atoms with Gasteiger partial charge in [0.2, 0.25) is 0 Å². The minimum atomic E-state index is -3.42. The molecule has 3 rings (SSSR count). The van der Waals surface area contributed by atoms with E-state index in [1.54, 1.807) is 20.8 Å². The van der Waals surface area contributed by atoms with Crippen molar-refractivity contribution in [1.82, 2.24) is 10.3 Å². The molecule has 0 radical (unpaired) electrons. The van der Waals surface area contributed by atoms with Crippen LogP contribution in [-0.2, 0) is 26.7 Å². The van der Waals surface area contributed by atoms with Gasteiger partial charge in [-0.3, -0.25) is 4.98 Å². The van der Waals surface area contributed by atoms with Crippen LogP contribution >= 0.6 is 0 Å². The van der Waals surface area contributed by atoms with Crippen LogP contribution in [0, 0.1) is 5.82 Å². The monoisotopic (exact) mass is 458 g/mol. The third kappa shape index (κ3) is 6.26. The molecule has 0 aliphatic rings. The maximum absolute atomic E-state index is 14.1. The average Bonchev–Trinajstić information content (AvgIpc) is 2.67. The minimum absolute atomic E-state index is 0.243. The molecule has 0 atom stereocenters. The lowest BCUT2D eigenvalue weighted by Gasteiger charge is -2.20. The van der Waals surface area contributed by atoms with Gasteiger partial charge in [-0.15, -0.1) is 0 Å². The van der Waals surface area contributed by atoms with E-state index in [0.717, 1.165) is 11.8 Å². The van der Waals surface area contributed by atoms with Crippen LogP contribution in [0.25, 0.3) is 22.0 Å². The summed E-state index contributed by atoms with van der Waals surface area (Å²) in [6, 6.07) is 13.4. The van der Waals surface area contributed by atoms with Crippen LogP contribution in [-0.4, -0.2) is 37.9 Å². The molecule has 0 fully saturated rings. The molecule has 6 nitrogen and oxygen atoms in total. The summed E-state index contributed by atoms with van der Waals surface area (Å²) in [5, 5.41) is 3.17. The number of pyridine rings is 1. The highest BCUT2D eigenvalue weighted by molar-refractivity contribution is 7.89. The maximum atomic E-state index is 14.1. The number of amides is 1. The Morgan fingerprint density at radius 1 is 1.12 bits per heavy atom. The van der Waals surface area contributed by atoms with Gasteiger partial charge in [0.1, 0.15) is 11.4 Å². The van der Waals surface area contributed by atoms with Crippen molar-refractivity contribution in [2.45, 2.75) is 38.5 Å². The van der Waals surface area contributed by atoms with Crippen LogP contribution in [0.3, 0.4) is 0 Å². The molecular formula is C24H27FN2O4S. The first kappa shape index (κ1) is 23.7. The van der Waals surface area contributed by atoms with E-state index < -0.39 is 27.3 Å². The molecule has 1 heterocycles. The second-order valence-electron chi connectivity index (χ2n) is 8.69. The third-order valence-electron chi connectivity index (χ3n) is 4.63. The molecule has 1 amide bonds. The number of carbonyl (C=O) groups excluding carboxylic acids is 1. The smallest absolute Gasteiger partial charge is 0.407 e. The van der Waals surface area contributed by atoms with Crippen LogP contribution in [0.4, 0.5) is 9.18 Å². The zero-order valence-electron chi connectivity index (χ0n) is 18.6. The van der Waals surface area contributed by atoms with E-state index in [-0.39, 0.29) is 12.3 Å². The minimum Gasteiger partial charge on any atom is -0.444 e. The predicted octanol–water partition coefficient (Wildman–Crippen LogP) is 4.65. The van der Waals surface area contributed by atoms with Gasteiger partial charge in [-0.2, -0.15) is 0 Å². The Morgan fingerprint density at radius 3 is 2.44 bits per heavy atom. The molecule has 0 aliphatic carbocycles. The lowest BCUT2D eigenvalue weighted by atomic mass is 9.94. The summed E-state index contributed by atoms with van der Waals surface area (Å²) in [7, 11) is -3.42. The fourth-order valence-electron chi connectivity index (χ4n) is 3.49. The van der Waals surface area contributed by atoms with Crippen LogP contribution in [0.2, 0.25) is 0 Å². The number of ether oxygens (including phenoxy) is 1. The van der Waals surface area contributed by atoms with Crippen molar-refractivity contribution >= 4 is 26.8 Å². The summed E-state index contributed by atoms with van der Waals surface area (Å²) in [5.41, 5.74) is 2.41. The van der Waals surface area contributed by atoms with Crippen LogP contribution in [0.5, 0.6) is 0 Å². The number of alkyl carbamates (subject to hydrolysis) is 1. The molecule has 0 aliphatic heterocycles. The van der Waals surface area contributed by atoms with Gasteiger partial charge in [-0.1, -0.05) is 30.3 Å². The van der Waals surface area contributed by atoms with Crippen LogP contribution < -0.4 is 5.32 Å². The first-order chi connectivity index (χ1) is 14.9. The van der Waals surface area contributed by atoms with E-state index in [2.05, 4.69) is 5.32 Å². The number of carbonyl (C=O) groups is 1. The van der Waals surface area contributed by atoms with E-state index in [0.29, 0.717) is 34.1 Å². The number of hydrogen-bond acceptors (Lipinski definition) is 5. The molecule has 0 spiro atoms. The Morgan fingerprint density at radius 2 is 1.81 bits per heavy atom. The van der Waals surface area contributed by atoms with E-state index in [9.17, 15) is 17.6 Å². The van der Waals surface area contributed by atoms with Gasteiger partial charge in [-0.25, -0.2) is 17.6 Å². The molecule has 0 bridgehead atoms. The zero-order valence-corrected chi connectivity index (χ0v) is 19.4. The highest BCUT2D eigenvalue weighted by Gasteiger charge is 2.21. The number of nitrogens with one attached hydrogen (secondary N) is 1. The highest BCUT2D eigenvalue weighted by atomic mass is 32.2. The number of benzene rings is 2. The second kappa shape index (κ2) is 9.24. The summed E-state index contributed by atoms with van der Waals surface area (Å²) in [4.78, 5) is 16.7.